The van der Waals surface area contributed by atoms with E-state index in [1.54, 1.807) is 18.2 Å². The molecule has 4 heteroatoms. The Morgan fingerprint density at radius 3 is 2.63 bits per heavy atom. The number of hydrogen-bond donors (Lipinski definition) is 2. The van der Waals surface area contributed by atoms with Gasteiger partial charge in [-0.2, -0.15) is 0 Å². The van der Waals surface area contributed by atoms with E-state index in [1.165, 1.54) is 0 Å². The molecule has 3 nitrogen and oxygen atoms in total. The molecule has 0 saturated carbocycles. The molecule has 0 aliphatic rings. The van der Waals surface area contributed by atoms with Gasteiger partial charge in [0.2, 0.25) is 0 Å². The van der Waals surface area contributed by atoms with Crippen LogP contribution in [0.5, 0.6) is 0 Å². The van der Waals surface area contributed by atoms with Gasteiger partial charge in [0, 0.05) is 17.2 Å². The Bertz CT molecular complexity index is 515. The van der Waals surface area contributed by atoms with Crippen molar-refractivity contribution < 1.29 is 9.90 Å². The maximum Gasteiger partial charge on any atom is 0.251 e. The zero-order valence-electron chi connectivity index (χ0n) is 11.3. The Kier molecular flexibility index (Phi) is 5.88. The number of rotatable bonds is 3. The fourth-order valence-corrected chi connectivity index (χ4v) is 1.58. The number of halogens is 1. The molecule has 1 rings (SSSR count). The summed E-state index contributed by atoms with van der Waals surface area (Å²) in [7, 11) is 0. The van der Waals surface area contributed by atoms with E-state index in [2.05, 4.69) is 17.2 Å². The molecule has 0 saturated heterocycles. The van der Waals surface area contributed by atoms with Crippen LogP contribution in [0.4, 0.5) is 0 Å². The third kappa shape index (κ3) is 4.59. The average molecular weight is 280 g/mol. The smallest absolute Gasteiger partial charge is 0.251 e. The lowest BCUT2D eigenvalue weighted by Crippen LogP contribution is -2.36. The maximum atomic E-state index is 12.0. The second-order valence-corrected chi connectivity index (χ2v) is 5.07. The molecule has 1 aromatic rings. The number of aliphatic hydroxyl groups is 1. The molecular formula is C15H18ClNO2. The van der Waals surface area contributed by atoms with E-state index in [0.29, 0.717) is 22.1 Å². The van der Waals surface area contributed by atoms with E-state index in [-0.39, 0.29) is 18.6 Å². The van der Waals surface area contributed by atoms with Crippen molar-refractivity contribution in [3.8, 4) is 11.8 Å². The van der Waals surface area contributed by atoms with Crippen LogP contribution >= 0.6 is 11.6 Å². The standard InChI is InChI=1S/C15H18ClNO2/c1-10(2)11(3)17-15(19)13-7-6-12(5-4-8-18)14(16)9-13/h6-7,9-11,18H,8H2,1-3H3,(H,17,19). The highest BCUT2D eigenvalue weighted by molar-refractivity contribution is 6.32. The van der Waals surface area contributed by atoms with Gasteiger partial charge in [0.05, 0.1) is 5.02 Å². The summed E-state index contributed by atoms with van der Waals surface area (Å²) in [4.78, 5) is 12.0. The van der Waals surface area contributed by atoms with Crippen LogP contribution < -0.4 is 5.32 Å². The Labute approximate surface area is 119 Å². The quantitative estimate of drug-likeness (QED) is 0.835. The molecule has 0 aromatic heterocycles. The van der Waals surface area contributed by atoms with Gasteiger partial charge in [-0.1, -0.05) is 37.3 Å². The maximum absolute atomic E-state index is 12.0. The number of amides is 1. The van der Waals surface area contributed by atoms with Crippen molar-refractivity contribution in [2.45, 2.75) is 26.8 Å². The molecule has 0 aliphatic carbocycles. The molecule has 1 aromatic carbocycles. The third-order valence-corrected chi connectivity index (χ3v) is 3.20. The van der Waals surface area contributed by atoms with Gasteiger partial charge < -0.3 is 10.4 Å². The zero-order chi connectivity index (χ0) is 14.4. The lowest BCUT2D eigenvalue weighted by atomic mass is 10.1. The summed E-state index contributed by atoms with van der Waals surface area (Å²) >= 11 is 6.04. The Balaban J connectivity index is 2.86. The molecule has 0 bridgehead atoms. The third-order valence-electron chi connectivity index (χ3n) is 2.89. The monoisotopic (exact) mass is 279 g/mol. The van der Waals surface area contributed by atoms with Gasteiger partial charge in [-0.3, -0.25) is 4.79 Å². The Morgan fingerprint density at radius 1 is 1.42 bits per heavy atom. The summed E-state index contributed by atoms with van der Waals surface area (Å²) < 4.78 is 0. The largest absolute Gasteiger partial charge is 0.384 e. The molecule has 0 aliphatic heterocycles. The molecule has 2 N–H and O–H groups in total. The van der Waals surface area contributed by atoms with Gasteiger partial charge >= 0.3 is 0 Å². The fraction of sp³-hybridized carbons (Fsp3) is 0.400. The first-order valence-corrected chi connectivity index (χ1v) is 6.53. The summed E-state index contributed by atoms with van der Waals surface area (Å²) in [5.74, 6) is 5.47. The minimum Gasteiger partial charge on any atom is -0.384 e. The van der Waals surface area contributed by atoms with Gasteiger partial charge in [0.25, 0.3) is 5.91 Å². The predicted octanol–water partition coefficient (Wildman–Crippen LogP) is 2.46. The van der Waals surface area contributed by atoms with Gasteiger partial charge in [0.15, 0.2) is 0 Å². The van der Waals surface area contributed by atoms with E-state index in [9.17, 15) is 4.79 Å². The molecule has 1 atom stereocenters. The Morgan fingerprint density at radius 2 is 2.11 bits per heavy atom. The van der Waals surface area contributed by atoms with Crippen LogP contribution in [0.15, 0.2) is 18.2 Å². The number of carbonyl (C=O) groups excluding carboxylic acids is 1. The zero-order valence-corrected chi connectivity index (χ0v) is 12.1. The van der Waals surface area contributed by atoms with Crippen molar-refractivity contribution in [2.24, 2.45) is 5.92 Å². The van der Waals surface area contributed by atoms with Crippen LogP contribution in [0.3, 0.4) is 0 Å². The minimum absolute atomic E-state index is 0.0973. The topological polar surface area (TPSA) is 49.3 Å². The summed E-state index contributed by atoms with van der Waals surface area (Å²) in [6.07, 6.45) is 0. The van der Waals surface area contributed by atoms with E-state index in [4.69, 9.17) is 16.7 Å². The number of hydrogen-bond acceptors (Lipinski definition) is 2. The number of benzene rings is 1. The molecular weight excluding hydrogens is 262 g/mol. The van der Waals surface area contributed by atoms with Crippen molar-refractivity contribution in [3.63, 3.8) is 0 Å². The second kappa shape index (κ2) is 7.18. The van der Waals surface area contributed by atoms with E-state index < -0.39 is 0 Å². The molecule has 1 unspecified atom stereocenters. The SMILES string of the molecule is CC(C)C(C)NC(=O)c1ccc(C#CCO)c(Cl)c1. The summed E-state index contributed by atoms with van der Waals surface area (Å²) in [5, 5.41) is 12.0. The van der Waals surface area contributed by atoms with Crippen molar-refractivity contribution in [3.05, 3.63) is 34.3 Å². The van der Waals surface area contributed by atoms with E-state index in [1.807, 2.05) is 20.8 Å². The van der Waals surface area contributed by atoms with Crippen molar-refractivity contribution in [1.29, 1.82) is 0 Å². The van der Waals surface area contributed by atoms with Gasteiger partial charge in [0.1, 0.15) is 6.61 Å². The van der Waals surface area contributed by atoms with Crippen LogP contribution in [-0.4, -0.2) is 23.7 Å². The average Bonchev–Trinajstić information content (AvgIpc) is 2.36. The van der Waals surface area contributed by atoms with Crippen LogP contribution in [0.25, 0.3) is 0 Å². The van der Waals surface area contributed by atoms with Crippen molar-refractivity contribution in [1.82, 2.24) is 5.32 Å². The van der Waals surface area contributed by atoms with Crippen LogP contribution in [-0.2, 0) is 0 Å². The number of aliphatic hydroxyl groups excluding tert-OH is 1. The number of nitrogens with one attached hydrogen (secondary N) is 1. The second-order valence-electron chi connectivity index (χ2n) is 4.66. The highest BCUT2D eigenvalue weighted by Crippen LogP contribution is 2.17. The molecule has 0 spiro atoms. The predicted molar refractivity (Wildman–Crippen MR) is 77.2 cm³/mol. The minimum atomic E-state index is -0.218. The normalized spacial score (nSPS) is 11.7. The van der Waals surface area contributed by atoms with Crippen molar-refractivity contribution >= 4 is 17.5 Å². The number of carbonyl (C=O) groups is 1. The molecule has 0 heterocycles. The molecule has 0 fully saturated rings. The Hall–Kier alpha value is -1.50. The van der Waals surface area contributed by atoms with Crippen LogP contribution in [0.1, 0.15) is 36.7 Å². The fourth-order valence-electron chi connectivity index (χ4n) is 1.35. The van der Waals surface area contributed by atoms with Crippen LogP contribution in [0.2, 0.25) is 5.02 Å². The lowest BCUT2D eigenvalue weighted by Gasteiger charge is -2.17. The molecule has 19 heavy (non-hydrogen) atoms. The first-order valence-electron chi connectivity index (χ1n) is 6.15. The molecule has 102 valence electrons. The summed E-state index contributed by atoms with van der Waals surface area (Å²) in [6.45, 7) is 5.84. The first kappa shape index (κ1) is 15.6. The summed E-state index contributed by atoms with van der Waals surface area (Å²) in [6, 6.07) is 5.04. The van der Waals surface area contributed by atoms with E-state index in [0.717, 1.165) is 0 Å². The van der Waals surface area contributed by atoms with Gasteiger partial charge in [-0.25, -0.2) is 0 Å². The first-order chi connectivity index (χ1) is 8.95. The van der Waals surface area contributed by atoms with Crippen LogP contribution in [0, 0.1) is 17.8 Å². The lowest BCUT2D eigenvalue weighted by molar-refractivity contribution is 0.0930. The van der Waals surface area contributed by atoms with E-state index >= 15 is 0 Å². The molecule has 1 amide bonds. The van der Waals surface area contributed by atoms with Gasteiger partial charge in [-0.05, 0) is 31.0 Å². The highest BCUT2D eigenvalue weighted by Gasteiger charge is 2.13. The van der Waals surface area contributed by atoms with Gasteiger partial charge in [-0.15, -0.1) is 0 Å². The van der Waals surface area contributed by atoms with Crippen molar-refractivity contribution in [2.75, 3.05) is 6.61 Å². The molecule has 0 radical (unpaired) electrons. The highest BCUT2D eigenvalue weighted by atomic mass is 35.5. The summed E-state index contributed by atoms with van der Waals surface area (Å²) in [5.41, 5.74) is 1.11.